The van der Waals surface area contributed by atoms with E-state index in [4.69, 9.17) is 9.26 Å². The predicted molar refractivity (Wildman–Crippen MR) is 108 cm³/mol. The first-order chi connectivity index (χ1) is 13.9. The van der Waals surface area contributed by atoms with Crippen molar-refractivity contribution in [3.63, 3.8) is 0 Å². The van der Waals surface area contributed by atoms with Gasteiger partial charge in [0.2, 0.25) is 0 Å². The average Bonchev–Trinajstić information content (AvgIpc) is 3.37. The van der Waals surface area contributed by atoms with Gasteiger partial charge in [-0.05, 0) is 55.7 Å². The number of carbonyl (C=O) groups excluding carboxylic acids is 1. The van der Waals surface area contributed by atoms with Crippen LogP contribution in [-0.2, 0) is 10.0 Å². The molecule has 0 atom stereocenters. The molecule has 29 heavy (non-hydrogen) atoms. The Labute approximate surface area is 168 Å². The number of likely N-dealkylation sites (tertiary alicyclic amines) is 1. The van der Waals surface area contributed by atoms with E-state index in [9.17, 15) is 13.2 Å². The molecular weight excluding hydrogens is 394 g/mol. The number of anilines is 1. The van der Waals surface area contributed by atoms with Crippen molar-refractivity contribution in [1.82, 2.24) is 10.1 Å². The Morgan fingerprint density at radius 3 is 2.66 bits per heavy atom. The zero-order chi connectivity index (χ0) is 20.6. The second kappa shape index (κ2) is 7.40. The van der Waals surface area contributed by atoms with Gasteiger partial charge in [0.15, 0.2) is 11.3 Å². The van der Waals surface area contributed by atoms with Gasteiger partial charge in [-0.1, -0.05) is 11.2 Å². The molecule has 4 rings (SSSR count). The normalized spacial score (nSPS) is 14.3. The zero-order valence-electron chi connectivity index (χ0n) is 16.1. The highest BCUT2D eigenvalue weighted by molar-refractivity contribution is 7.92. The Kier molecular flexibility index (Phi) is 4.91. The van der Waals surface area contributed by atoms with Gasteiger partial charge < -0.3 is 14.2 Å². The van der Waals surface area contributed by atoms with Crippen LogP contribution in [0.25, 0.3) is 11.0 Å². The summed E-state index contributed by atoms with van der Waals surface area (Å²) in [4.78, 5) is 14.4. The minimum atomic E-state index is -3.92. The Morgan fingerprint density at radius 2 is 1.93 bits per heavy atom. The van der Waals surface area contributed by atoms with Gasteiger partial charge in [0.1, 0.15) is 5.75 Å². The van der Waals surface area contributed by atoms with E-state index in [0.717, 1.165) is 18.4 Å². The molecule has 152 valence electrons. The summed E-state index contributed by atoms with van der Waals surface area (Å²) in [6.07, 6.45) is 1.90. The number of carbonyl (C=O) groups is 1. The summed E-state index contributed by atoms with van der Waals surface area (Å²) in [6, 6.07) is 9.56. The van der Waals surface area contributed by atoms with Crippen molar-refractivity contribution in [2.45, 2.75) is 24.7 Å². The number of methoxy groups -OCH3 is 1. The number of aryl methyl sites for hydroxylation is 1. The number of amides is 1. The van der Waals surface area contributed by atoms with Crippen LogP contribution in [0.1, 0.15) is 28.9 Å². The van der Waals surface area contributed by atoms with Gasteiger partial charge in [-0.25, -0.2) is 8.42 Å². The van der Waals surface area contributed by atoms with Gasteiger partial charge >= 0.3 is 0 Å². The number of sulfonamides is 1. The summed E-state index contributed by atoms with van der Waals surface area (Å²) in [5.41, 5.74) is 1.72. The molecule has 1 aliphatic rings. The van der Waals surface area contributed by atoms with Crippen LogP contribution in [0.4, 0.5) is 5.69 Å². The molecule has 0 bridgehead atoms. The van der Waals surface area contributed by atoms with Crippen molar-refractivity contribution >= 4 is 32.6 Å². The molecule has 1 amide bonds. The summed E-state index contributed by atoms with van der Waals surface area (Å²) in [5.74, 6) is 0.166. The van der Waals surface area contributed by atoms with E-state index in [1.165, 1.54) is 25.3 Å². The fraction of sp³-hybridized carbons (Fsp3) is 0.300. The number of rotatable bonds is 5. The molecule has 3 aromatic rings. The minimum Gasteiger partial charge on any atom is -0.495 e. The Balaban J connectivity index is 1.71. The predicted octanol–water partition coefficient (Wildman–Crippen LogP) is 3.18. The van der Waals surface area contributed by atoms with Crippen LogP contribution in [0.5, 0.6) is 5.75 Å². The van der Waals surface area contributed by atoms with Gasteiger partial charge in [-0.3, -0.25) is 9.52 Å². The van der Waals surface area contributed by atoms with Crippen LogP contribution in [0, 0.1) is 6.92 Å². The van der Waals surface area contributed by atoms with Gasteiger partial charge in [0.25, 0.3) is 15.9 Å². The zero-order valence-corrected chi connectivity index (χ0v) is 17.0. The number of hydrogen-bond donors (Lipinski definition) is 1. The molecule has 1 saturated heterocycles. The largest absolute Gasteiger partial charge is 0.495 e. The van der Waals surface area contributed by atoms with Gasteiger partial charge in [-0.15, -0.1) is 0 Å². The second-order valence-corrected chi connectivity index (χ2v) is 8.68. The molecule has 9 heteroatoms. The maximum Gasteiger partial charge on any atom is 0.276 e. The van der Waals surface area contributed by atoms with Crippen molar-refractivity contribution in [2.75, 3.05) is 24.9 Å². The monoisotopic (exact) mass is 415 g/mol. The van der Waals surface area contributed by atoms with Crippen LogP contribution in [0.3, 0.4) is 0 Å². The Morgan fingerprint density at radius 1 is 1.17 bits per heavy atom. The lowest BCUT2D eigenvalue weighted by Crippen LogP contribution is -2.28. The van der Waals surface area contributed by atoms with E-state index < -0.39 is 10.0 Å². The fourth-order valence-corrected chi connectivity index (χ4v) is 4.50. The highest BCUT2D eigenvalue weighted by Gasteiger charge is 2.26. The van der Waals surface area contributed by atoms with Crippen molar-refractivity contribution in [3.8, 4) is 5.75 Å². The fourth-order valence-electron chi connectivity index (χ4n) is 3.41. The molecule has 0 saturated carbocycles. The summed E-state index contributed by atoms with van der Waals surface area (Å²) in [5, 5.41) is 4.26. The SMILES string of the molecule is COc1ccc(C)cc1NS(=O)(=O)c1ccc2onc(C(=O)N3CCCC3)c2c1. The third kappa shape index (κ3) is 3.65. The number of ether oxygens (including phenoxy) is 1. The average molecular weight is 415 g/mol. The molecular formula is C20H21N3O5S. The lowest BCUT2D eigenvalue weighted by Gasteiger charge is -2.14. The first-order valence-corrected chi connectivity index (χ1v) is 10.7. The van der Waals surface area contributed by atoms with Crippen LogP contribution in [0.15, 0.2) is 45.8 Å². The van der Waals surface area contributed by atoms with E-state index in [0.29, 0.717) is 35.5 Å². The number of nitrogens with one attached hydrogen (secondary N) is 1. The quantitative estimate of drug-likeness (QED) is 0.687. The smallest absolute Gasteiger partial charge is 0.276 e. The second-order valence-electron chi connectivity index (χ2n) is 7.00. The lowest BCUT2D eigenvalue weighted by atomic mass is 10.2. The molecule has 0 unspecified atom stereocenters. The number of benzene rings is 2. The molecule has 0 spiro atoms. The van der Waals surface area contributed by atoms with Gasteiger partial charge in [0, 0.05) is 13.1 Å². The van der Waals surface area contributed by atoms with E-state index in [1.807, 2.05) is 13.0 Å². The number of nitrogens with zero attached hydrogens (tertiary/aromatic N) is 2. The van der Waals surface area contributed by atoms with Gasteiger partial charge in [-0.2, -0.15) is 0 Å². The number of hydrogen-bond acceptors (Lipinski definition) is 6. The van der Waals surface area contributed by atoms with Crippen LogP contribution >= 0.6 is 0 Å². The number of fused-ring (bicyclic) bond motifs is 1. The minimum absolute atomic E-state index is 0.00670. The van der Waals surface area contributed by atoms with Crippen LogP contribution < -0.4 is 9.46 Å². The van der Waals surface area contributed by atoms with E-state index in [1.54, 1.807) is 17.0 Å². The third-order valence-electron chi connectivity index (χ3n) is 4.95. The van der Waals surface area contributed by atoms with Crippen molar-refractivity contribution < 1.29 is 22.5 Å². The third-order valence-corrected chi connectivity index (χ3v) is 6.31. The maximum atomic E-state index is 13.0. The van der Waals surface area contributed by atoms with Crippen LogP contribution in [0.2, 0.25) is 0 Å². The topological polar surface area (TPSA) is 102 Å². The molecule has 8 nitrogen and oxygen atoms in total. The molecule has 1 N–H and O–H groups in total. The van der Waals surface area contributed by atoms with Crippen LogP contribution in [-0.4, -0.2) is 44.6 Å². The summed E-state index contributed by atoms with van der Waals surface area (Å²) in [7, 11) is -2.44. The van der Waals surface area contributed by atoms with Crippen molar-refractivity contribution in [3.05, 3.63) is 47.7 Å². The summed E-state index contributed by atoms with van der Waals surface area (Å²) in [6.45, 7) is 3.19. The maximum absolute atomic E-state index is 13.0. The lowest BCUT2D eigenvalue weighted by molar-refractivity contribution is 0.0784. The number of aromatic nitrogens is 1. The first kappa shape index (κ1) is 19.3. The molecule has 0 radical (unpaired) electrons. The molecule has 2 aromatic carbocycles. The Bertz CT molecular complexity index is 1180. The molecule has 1 fully saturated rings. The molecule has 1 aromatic heterocycles. The summed E-state index contributed by atoms with van der Waals surface area (Å²) >= 11 is 0. The highest BCUT2D eigenvalue weighted by Crippen LogP contribution is 2.30. The van der Waals surface area contributed by atoms with E-state index in [-0.39, 0.29) is 16.5 Å². The molecule has 2 heterocycles. The highest BCUT2D eigenvalue weighted by atomic mass is 32.2. The van der Waals surface area contributed by atoms with E-state index in [2.05, 4.69) is 9.88 Å². The Hall–Kier alpha value is -3.07. The van der Waals surface area contributed by atoms with E-state index >= 15 is 0 Å². The molecule has 1 aliphatic heterocycles. The van der Waals surface area contributed by atoms with Crippen molar-refractivity contribution in [2.24, 2.45) is 0 Å². The van der Waals surface area contributed by atoms with Gasteiger partial charge in [0.05, 0.1) is 23.1 Å². The van der Waals surface area contributed by atoms with Crippen molar-refractivity contribution in [1.29, 1.82) is 0 Å². The summed E-state index contributed by atoms with van der Waals surface area (Å²) < 4.78 is 39.0. The standard InChI is InChI=1S/C20H21N3O5S/c1-13-5-7-18(27-2)16(11-13)22-29(25,26)14-6-8-17-15(12-14)19(21-28-17)20(24)23-9-3-4-10-23/h5-8,11-12,22H,3-4,9-10H2,1-2H3. The first-order valence-electron chi connectivity index (χ1n) is 9.25. The molecule has 0 aliphatic carbocycles.